The third-order valence-electron chi connectivity index (χ3n) is 3.42. The molecule has 0 aliphatic carbocycles. The van der Waals surface area contributed by atoms with Crippen molar-refractivity contribution in [1.29, 1.82) is 0 Å². The summed E-state index contributed by atoms with van der Waals surface area (Å²) in [4.78, 5) is 22.0. The third kappa shape index (κ3) is 3.92. The number of rotatable bonds is 8. The van der Waals surface area contributed by atoms with E-state index in [1.165, 1.54) is 0 Å². The van der Waals surface area contributed by atoms with Crippen LogP contribution in [0.25, 0.3) is 0 Å². The fourth-order valence-corrected chi connectivity index (χ4v) is 2.05. The maximum atomic E-state index is 11.1. The van der Waals surface area contributed by atoms with Crippen LogP contribution < -0.4 is 0 Å². The lowest BCUT2D eigenvalue weighted by atomic mass is 9.79. The zero-order valence-electron chi connectivity index (χ0n) is 11.2. The van der Waals surface area contributed by atoms with E-state index in [2.05, 4.69) is 13.2 Å². The molecular formula is C14H20O5. The van der Waals surface area contributed by atoms with Crippen LogP contribution in [0.15, 0.2) is 25.3 Å². The van der Waals surface area contributed by atoms with Crippen LogP contribution in [-0.4, -0.2) is 37.4 Å². The standard InChI is InChI=1S/C14H20O5/c1-4-12(15)17-8-7-11-9-19-14(11,6-3)10-18-13(16)5-2/h4-5,11H,1-2,6-10H2,3H3. The highest BCUT2D eigenvalue weighted by molar-refractivity contribution is 5.81. The monoisotopic (exact) mass is 268 g/mol. The first-order valence-electron chi connectivity index (χ1n) is 6.30. The SMILES string of the molecule is C=CC(=O)OCCC1COC1(CC)COC(=O)C=C. The Hall–Kier alpha value is -1.62. The Morgan fingerprint density at radius 2 is 1.95 bits per heavy atom. The van der Waals surface area contributed by atoms with Crippen LogP contribution in [0.3, 0.4) is 0 Å². The molecule has 2 atom stereocenters. The minimum atomic E-state index is -0.459. The second kappa shape index (κ2) is 7.09. The summed E-state index contributed by atoms with van der Waals surface area (Å²) in [5, 5.41) is 0. The van der Waals surface area contributed by atoms with Gasteiger partial charge in [0, 0.05) is 18.1 Å². The number of ether oxygens (including phenoxy) is 3. The van der Waals surface area contributed by atoms with Gasteiger partial charge in [0.1, 0.15) is 12.2 Å². The van der Waals surface area contributed by atoms with Crippen molar-refractivity contribution in [2.45, 2.75) is 25.4 Å². The molecule has 2 unspecified atom stereocenters. The van der Waals surface area contributed by atoms with E-state index in [4.69, 9.17) is 14.2 Å². The number of carbonyl (C=O) groups excluding carboxylic acids is 2. The number of esters is 2. The Morgan fingerprint density at radius 1 is 1.32 bits per heavy atom. The summed E-state index contributed by atoms with van der Waals surface area (Å²) in [7, 11) is 0. The normalized spacial score (nSPS) is 25.0. The molecule has 0 amide bonds. The molecule has 1 saturated heterocycles. The lowest BCUT2D eigenvalue weighted by Crippen LogP contribution is -2.57. The van der Waals surface area contributed by atoms with Crippen LogP contribution in [0, 0.1) is 5.92 Å². The molecule has 5 heteroatoms. The fourth-order valence-electron chi connectivity index (χ4n) is 2.05. The van der Waals surface area contributed by atoms with E-state index < -0.39 is 17.5 Å². The van der Waals surface area contributed by atoms with Gasteiger partial charge in [-0.15, -0.1) is 0 Å². The number of hydrogen-bond donors (Lipinski definition) is 0. The van der Waals surface area contributed by atoms with E-state index >= 15 is 0 Å². The molecule has 106 valence electrons. The Labute approximate surface area is 113 Å². The predicted octanol–water partition coefficient (Wildman–Crippen LogP) is 1.63. The molecule has 1 rings (SSSR count). The van der Waals surface area contributed by atoms with E-state index in [0.29, 0.717) is 19.6 Å². The van der Waals surface area contributed by atoms with Crippen molar-refractivity contribution >= 4 is 11.9 Å². The van der Waals surface area contributed by atoms with Gasteiger partial charge in [-0.1, -0.05) is 20.1 Å². The Balaban J connectivity index is 2.41. The zero-order valence-corrected chi connectivity index (χ0v) is 11.2. The number of hydrogen-bond acceptors (Lipinski definition) is 5. The molecule has 0 aromatic heterocycles. The van der Waals surface area contributed by atoms with Crippen molar-refractivity contribution in [2.75, 3.05) is 19.8 Å². The van der Waals surface area contributed by atoms with Gasteiger partial charge in [-0.25, -0.2) is 9.59 Å². The average Bonchev–Trinajstić information content (AvgIpc) is 2.42. The molecule has 1 aliphatic heterocycles. The lowest BCUT2D eigenvalue weighted by Gasteiger charge is -2.48. The van der Waals surface area contributed by atoms with Crippen LogP contribution in [0.5, 0.6) is 0 Å². The predicted molar refractivity (Wildman–Crippen MR) is 69.4 cm³/mol. The van der Waals surface area contributed by atoms with Gasteiger partial charge >= 0.3 is 11.9 Å². The maximum Gasteiger partial charge on any atom is 0.330 e. The van der Waals surface area contributed by atoms with Gasteiger partial charge in [-0.05, 0) is 12.8 Å². The summed E-state index contributed by atoms with van der Waals surface area (Å²) < 4.78 is 15.6. The highest BCUT2D eigenvalue weighted by Gasteiger charge is 2.47. The zero-order chi connectivity index (χ0) is 14.3. The lowest BCUT2D eigenvalue weighted by molar-refractivity contribution is -0.233. The van der Waals surface area contributed by atoms with Crippen molar-refractivity contribution in [3.63, 3.8) is 0 Å². The summed E-state index contributed by atoms with van der Waals surface area (Å²) in [5.41, 5.74) is -0.459. The molecule has 1 aliphatic rings. The molecule has 19 heavy (non-hydrogen) atoms. The van der Waals surface area contributed by atoms with Gasteiger partial charge < -0.3 is 14.2 Å². The van der Waals surface area contributed by atoms with Crippen molar-refractivity contribution in [3.8, 4) is 0 Å². The minimum Gasteiger partial charge on any atom is -0.463 e. The smallest absolute Gasteiger partial charge is 0.330 e. The molecule has 0 bridgehead atoms. The summed E-state index contributed by atoms with van der Waals surface area (Å²) in [6, 6.07) is 0. The van der Waals surface area contributed by atoms with Gasteiger partial charge in [-0.3, -0.25) is 0 Å². The first-order chi connectivity index (χ1) is 9.07. The number of carbonyl (C=O) groups is 2. The van der Waals surface area contributed by atoms with Gasteiger partial charge in [0.15, 0.2) is 0 Å². The van der Waals surface area contributed by atoms with E-state index in [1.807, 2.05) is 6.92 Å². The fraction of sp³-hybridized carbons (Fsp3) is 0.571. The Morgan fingerprint density at radius 3 is 2.42 bits per heavy atom. The van der Waals surface area contributed by atoms with Gasteiger partial charge in [0.25, 0.3) is 0 Å². The van der Waals surface area contributed by atoms with Gasteiger partial charge in [-0.2, -0.15) is 0 Å². The van der Waals surface area contributed by atoms with E-state index in [-0.39, 0.29) is 12.5 Å². The first-order valence-corrected chi connectivity index (χ1v) is 6.30. The quantitative estimate of drug-likeness (QED) is 0.494. The van der Waals surface area contributed by atoms with Crippen molar-refractivity contribution < 1.29 is 23.8 Å². The molecule has 0 N–H and O–H groups in total. The summed E-state index contributed by atoms with van der Waals surface area (Å²) in [6.07, 6.45) is 3.68. The topological polar surface area (TPSA) is 61.8 Å². The second-order valence-electron chi connectivity index (χ2n) is 4.40. The van der Waals surface area contributed by atoms with Crippen LogP contribution in [0.4, 0.5) is 0 Å². The first kappa shape index (κ1) is 15.4. The summed E-state index contributed by atoms with van der Waals surface area (Å²) >= 11 is 0. The highest BCUT2D eigenvalue weighted by atomic mass is 16.6. The van der Waals surface area contributed by atoms with Crippen LogP contribution in [-0.2, 0) is 23.8 Å². The second-order valence-corrected chi connectivity index (χ2v) is 4.40. The molecule has 0 saturated carbocycles. The Bertz CT molecular complexity index is 359. The van der Waals surface area contributed by atoms with Gasteiger partial charge in [0.2, 0.25) is 0 Å². The minimum absolute atomic E-state index is 0.203. The summed E-state index contributed by atoms with van der Waals surface area (Å²) in [5.74, 6) is -0.673. The van der Waals surface area contributed by atoms with Crippen LogP contribution in [0.1, 0.15) is 19.8 Å². The average molecular weight is 268 g/mol. The maximum absolute atomic E-state index is 11.1. The largest absolute Gasteiger partial charge is 0.463 e. The molecule has 0 radical (unpaired) electrons. The summed E-state index contributed by atoms with van der Waals surface area (Å²) in [6.45, 7) is 9.76. The molecule has 1 heterocycles. The van der Waals surface area contributed by atoms with Crippen molar-refractivity contribution in [1.82, 2.24) is 0 Å². The van der Waals surface area contributed by atoms with Crippen molar-refractivity contribution in [3.05, 3.63) is 25.3 Å². The molecule has 0 spiro atoms. The van der Waals surface area contributed by atoms with Crippen molar-refractivity contribution in [2.24, 2.45) is 5.92 Å². The highest BCUT2D eigenvalue weighted by Crippen LogP contribution is 2.38. The molecular weight excluding hydrogens is 248 g/mol. The van der Waals surface area contributed by atoms with E-state index in [0.717, 1.165) is 18.6 Å². The van der Waals surface area contributed by atoms with E-state index in [9.17, 15) is 9.59 Å². The molecule has 0 aromatic rings. The molecule has 1 fully saturated rings. The molecule has 5 nitrogen and oxygen atoms in total. The van der Waals surface area contributed by atoms with Crippen LogP contribution in [0.2, 0.25) is 0 Å². The Kier molecular flexibility index (Phi) is 5.76. The van der Waals surface area contributed by atoms with Gasteiger partial charge in [0.05, 0.1) is 13.2 Å². The van der Waals surface area contributed by atoms with Crippen LogP contribution >= 0.6 is 0 Å². The third-order valence-corrected chi connectivity index (χ3v) is 3.42. The molecule has 0 aromatic carbocycles. The van der Waals surface area contributed by atoms with E-state index in [1.54, 1.807) is 0 Å².